The van der Waals surface area contributed by atoms with Crippen LogP contribution in [0.25, 0.3) is 0 Å². The summed E-state index contributed by atoms with van der Waals surface area (Å²) in [5.41, 5.74) is 5.79. The third kappa shape index (κ3) is 2.14. The van der Waals surface area contributed by atoms with E-state index in [0.717, 1.165) is 12.1 Å². The fourth-order valence-electron chi connectivity index (χ4n) is 2.46. The highest BCUT2D eigenvalue weighted by Gasteiger charge is 2.41. The summed E-state index contributed by atoms with van der Waals surface area (Å²) in [4.78, 5) is -0.435. The molecule has 3 nitrogen and oxygen atoms in total. The molecule has 2 N–H and O–H groups in total. The standard InChI is InChI=1S/C12H15F2NO2S/c1-7-10(15)3-5-11(7)18(16,17)12-4-2-8(13)6-9(12)14/h2,4,6-7,10-11H,3,5,15H2,1H3. The second-order valence-electron chi connectivity index (χ2n) is 4.76. The van der Waals surface area contributed by atoms with Crippen molar-refractivity contribution in [3.05, 3.63) is 29.8 Å². The Hall–Kier alpha value is -1.01. The largest absolute Gasteiger partial charge is 0.327 e. The van der Waals surface area contributed by atoms with Crippen LogP contribution >= 0.6 is 0 Å². The van der Waals surface area contributed by atoms with Crippen LogP contribution in [-0.4, -0.2) is 19.7 Å². The van der Waals surface area contributed by atoms with Gasteiger partial charge in [-0.3, -0.25) is 0 Å². The molecule has 0 saturated heterocycles. The first-order valence-electron chi connectivity index (χ1n) is 5.78. The molecule has 6 heteroatoms. The Morgan fingerprint density at radius 1 is 1.28 bits per heavy atom. The molecule has 0 aliphatic heterocycles. The van der Waals surface area contributed by atoms with Crippen molar-refractivity contribution in [1.82, 2.24) is 0 Å². The maximum absolute atomic E-state index is 13.6. The average molecular weight is 275 g/mol. The van der Waals surface area contributed by atoms with Gasteiger partial charge in [-0.2, -0.15) is 0 Å². The maximum Gasteiger partial charge on any atom is 0.184 e. The van der Waals surface area contributed by atoms with Crippen LogP contribution in [-0.2, 0) is 9.84 Å². The lowest BCUT2D eigenvalue weighted by atomic mass is 10.1. The Labute approximate surface area is 105 Å². The molecule has 0 aromatic heterocycles. The van der Waals surface area contributed by atoms with Crippen molar-refractivity contribution in [1.29, 1.82) is 0 Å². The van der Waals surface area contributed by atoms with Crippen LogP contribution in [0.3, 0.4) is 0 Å². The third-order valence-corrected chi connectivity index (χ3v) is 6.05. The molecule has 0 radical (unpaired) electrons. The molecular formula is C12H15F2NO2S. The molecule has 18 heavy (non-hydrogen) atoms. The van der Waals surface area contributed by atoms with E-state index in [1.165, 1.54) is 0 Å². The van der Waals surface area contributed by atoms with Gasteiger partial charge in [0.25, 0.3) is 0 Å². The number of hydrogen-bond acceptors (Lipinski definition) is 3. The van der Waals surface area contributed by atoms with Crippen molar-refractivity contribution >= 4 is 9.84 Å². The lowest BCUT2D eigenvalue weighted by Gasteiger charge is -2.18. The molecule has 1 aliphatic carbocycles. The first kappa shape index (κ1) is 13.4. The van der Waals surface area contributed by atoms with E-state index in [2.05, 4.69) is 0 Å². The predicted molar refractivity (Wildman–Crippen MR) is 63.7 cm³/mol. The summed E-state index contributed by atoms with van der Waals surface area (Å²) < 4.78 is 51.0. The molecule has 2 rings (SSSR count). The zero-order valence-corrected chi connectivity index (χ0v) is 10.8. The monoisotopic (exact) mass is 275 g/mol. The molecule has 0 bridgehead atoms. The Bertz CT molecular complexity index is 559. The van der Waals surface area contributed by atoms with E-state index in [0.29, 0.717) is 18.9 Å². The second-order valence-corrected chi connectivity index (χ2v) is 6.89. The molecule has 0 heterocycles. The minimum atomic E-state index is -3.79. The fourth-order valence-corrected chi connectivity index (χ4v) is 4.59. The first-order valence-corrected chi connectivity index (χ1v) is 7.33. The minimum Gasteiger partial charge on any atom is -0.327 e. The lowest BCUT2D eigenvalue weighted by Crippen LogP contribution is -2.32. The summed E-state index contributed by atoms with van der Waals surface area (Å²) >= 11 is 0. The van der Waals surface area contributed by atoms with Gasteiger partial charge in [0, 0.05) is 12.1 Å². The summed E-state index contributed by atoms with van der Waals surface area (Å²) in [6.07, 6.45) is 1.02. The normalized spacial score (nSPS) is 28.6. The van der Waals surface area contributed by atoms with Crippen molar-refractivity contribution in [3.63, 3.8) is 0 Å². The number of halogens is 2. The minimum absolute atomic E-state index is 0.187. The number of benzene rings is 1. The van der Waals surface area contributed by atoms with Crippen LogP contribution in [0, 0.1) is 17.6 Å². The average Bonchev–Trinajstić information content (AvgIpc) is 2.59. The molecule has 1 aromatic rings. The summed E-state index contributed by atoms with van der Waals surface area (Å²) in [7, 11) is -3.79. The van der Waals surface area contributed by atoms with Crippen LogP contribution in [0.2, 0.25) is 0 Å². The summed E-state index contributed by atoms with van der Waals surface area (Å²) in [6.45, 7) is 1.75. The quantitative estimate of drug-likeness (QED) is 0.838. The van der Waals surface area contributed by atoms with E-state index in [-0.39, 0.29) is 12.0 Å². The van der Waals surface area contributed by atoms with E-state index >= 15 is 0 Å². The topological polar surface area (TPSA) is 60.2 Å². The van der Waals surface area contributed by atoms with E-state index in [1.54, 1.807) is 6.92 Å². The highest BCUT2D eigenvalue weighted by atomic mass is 32.2. The van der Waals surface area contributed by atoms with Crippen LogP contribution in [0.1, 0.15) is 19.8 Å². The molecule has 3 atom stereocenters. The molecule has 0 spiro atoms. The lowest BCUT2D eigenvalue weighted by molar-refractivity contribution is 0.500. The van der Waals surface area contributed by atoms with Gasteiger partial charge >= 0.3 is 0 Å². The molecule has 1 aromatic carbocycles. The summed E-state index contributed by atoms with van der Waals surface area (Å²) in [6, 6.07) is 2.34. The van der Waals surface area contributed by atoms with E-state index in [4.69, 9.17) is 5.73 Å². The fraction of sp³-hybridized carbons (Fsp3) is 0.500. The van der Waals surface area contributed by atoms with Gasteiger partial charge in [-0.05, 0) is 30.9 Å². The maximum atomic E-state index is 13.6. The van der Waals surface area contributed by atoms with Crippen molar-refractivity contribution in [2.45, 2.75) is 36.0 Å². The summed E-state index contributed by atoms with van der Waals surface area (Å²) in [5, 5.41) is -0.688. The van der Waals surface area contributed by atoms with Gasteiger partial charge in [0.1, 0.15) is 16.5 Å². The number of hydrogen-bond donors (Lipinski definition) is 1. The van der Waals surface area contributed by atoms with Crippen LogP contribution in [0.4, 0.5) is 8.78 Å². The Morgan fingerprint density at radius 2 is 1.94 bits per heavy atom. The van der Waals surface area contributed by atoms with Gasteiger partial charge in [0.2, 0.25) is 0 Å². The molecule has 100 valence electrons. The molecule has 1 aliphatic rings. The molecule has 3 unspecified atom stereocenters. The molecular weight excluding hydrogens is 260 g/mol. The van der Waals surface area contributed by atoms with Gasteiger partial charge in [-0.15, -0.1) is 0 Å². The van der Waals surface area contributed by atoms with Crippen molar-refractivity contribution in [2.75, 3.05) is 0 Å². The highest BCUT2D eigenvalue weighted by molar-refractivity contribution is 7.92. The second kappa shape index (κ2) is 4.59. The molecule has 1 fully saturated rings. The summed E-state index contributed by atoms with van der Waals surface area (Å²) in [5.74, 6) is -2.05. The zero-order chi connectivity index (χ0) is 13.5. The number of rotatable bonds is 2. The Balaban J connectivity index is 2.43. The van der Waals surface area contributed by atoms with E-state index in [1.807, 2.05) is 0 Å². The van der Waals surface area contributed by atoms with Crippen LogP contribution in [0.15, 0.2) is 23.1 Å². The van der Waals surface area contributed by atoms with Crippen molar-refractivity contribution in [2.24, 2.45) is 11.7 Å². The highest BCUT2D eigenvalue weighted by Crippen LogP contribution is 2.34. The van der Waals surface area contributed by atoms with Crippen molar-refractivity contribution in [3.8, 4) is 0 Å². The van der Waals surface area contributed by atoms with Crippen LogP contribution in [0.5, 0.6) is 0 Å². The van der Waals surface area contributed by atoms with Gasteiger partial charge < -0.3 is 5.73 Å². The van der Waals surface area contributed by atoms with E-state index in [9.17, 15) is 17.2 Å². The molecule has 1 saturated carbocycles. The predicted octanol–water partition coefficient (Wildman–Crippen LogP) is 1.86. The molecule has 0 amide bonds. The number of sulfone groups is 1. The zero-order valence-electron chi connectivity index (χ0n) is 9.94. The Morgan fingerprint density at radius 3 is 2.44 bits per heavy atom. The number of nitrogens with two attached hydrogens (primary N) is 1. The van der Waals surface area contributed by atoms with Gasteiger partial charge in [-0.25, -0.2) is 17.2 Å². The van der Waals surface area contributed by atoms with Crippen molar-refractivity contribution < 1.29 is 17.2 Å². The van der Waals surface area contributed by atoms with E-state index < -0.39 is 31.6 Å². The smallest absolute Gasteiger partial charge is 0.184 e. The first-order chi connectivity index (χ1) is 8.34. The van der Waals surface area contributed by atoms with Gasteiger partial charge in [-0.1, -0.05) is 6.92 Å². The van der Waals surface area contributed by atoms with Gasteiger partial charge in [0.05, 0.1) is 5.25 Å². The third-order valence-electron chi connectivity index (χ3n) is 3.65. The van der Waals surface area contributed by atoms with Crippen LogP contribution < -0.4 is 5.73 Å². The van der Waals surface area contributed by atoms with Gasteiger partial charge in [0.15, 0.2) is 9.84 Å². The SMILES string of the molecule is CC1C(N)CCC1S(=O)(=O)c1ccc(F)cc1F. The Kier molecular flexibility index (Phi) is 3.42.